The number of hydrogen-bond acceptors (Lipinski definition) is 3. The average Bonchev–Trinajstić information content (AvgIpc) is 2.37. The van der Waals surface area contributed by atoms with Gasteiger partial charge in [0, 0.05) is 40.7 Å². The second kappa shape index (κ2) is 6.28. The van der Waals surface area contributed by atoms with Crippen LogP contribution in [0.5, 0.6) is 0 Å². The van der Waals surface area contributed by atoms with Gasteiger partial charge in [-0.1, -0.05) is 15.9 Å². The highest BCUT2D eigenvalue weighted by molar-refractivity contribution is 9.11. The molecule has 0 radical (unpaired) electrons. The summed E-state index contributed by atoms with van der Waals surface area (Å²) in [5.74, 6) is 0. The summed E-state index contributed by atoms with van der Waals surface area (Å²) < 4.78 is 28.5. The van der Waals surface area contributed by atoms with Crippen LogP contribution in [0.4, 0.5) is 0 Å². The topological polar surface area (TPSA) is 40.6 Å². The number of halogens is 2. The van der Waals surface area contributed by atoms with Crippen molar-refractivity contribution < 1.29 is 8.42 Å². The molecule has 0 atom stereocenters. The van der Waals surface area contributed by atoms with Crippen LogP contribution in [0.2, 0.25) is 0 Å². The van der Waals surface area contributed by atoms with Gasteiger partial charge in [-0.25, -0.2) is 8.42 Å². The second-order valence-electron chi connectivity index (χ2n) is 6.14. The van der Waals surface area contributed by atoms with E-state index in [-0.39, 0.29) is 5.54 Å². The largest absolute Gasteiger partial charge is 0.296 e. The van der Waals surface area contributed by atoms with Crippen LogP contribution in [0.15, 0.2) is 32.0 Å². The fourth-order valence-electron chi connectivity index (χ4n) is 2.42. The van der Waals surface area contributed by atoms with Gasteiger partial charge in [0.2, 0.25) is 10.0 Å². The Labute approximate surface area is 143 Å². The van der Waals surface area contributed by atoms with E-state index in [0.717, 1.165) is 17.6 Å². The summed E-state index contributed by atoms with van der Waals surface area (Å²) in [6, 6.07) is 5.15. The summed E-state index contributed by atoms with van der Waals surface area (Å²) in [7, 11) is -3.44. The third-order valence-electron chi connectivity index (χ3n) is 3.70. The Bertz CT molecular complexity index is 618. The van der Waals surface area contributed by atoms with E-state index in [2.05, 4.69) is 57.5 Å². The zero-order chi connectivity index (χ0) is 15.8. The van der Waals surface area contributed by atoms with E-state index in [9.17, 15) is 8.42 Å². The normalized spacial score (nSPS) is 18.9. The molecule has 1 aromatic rings. The Morgan fingerprint density at radius 3 is 2.10 bits per heavy atom. The Kier molecular flexibility index (Phi) is 5.20. The molecule has 0 amide bonds. The number of piperazine rings is 1. The summed E-state index contributed by atoms with van der Waals surface area (Å²) >= 11 is 6.69. The molecule has 0 unspecified atom stereocenters. The molecular formula is C14H20Br2N2O2S. The minimum Gasteiger partial charge on any atom is -0.296 e. The van der Waals surface area contributed by atoms with Crippen molar-refractivity contribution in [1.82, 2.24) is 9.21 Å². The van der Waals surface area contributed by atoms with Crippen molar-refractivity contribution in [2.24, 2.45) is 0 Å². The molecule has 0 bridgehead atoms. The molecule has 7 heteroatoms. The van der Waals surface area contributed by atoms with E-state index in [1.807, 2.05) is 0 Å². The van der Waals surface area contributed by atoms with E-state index in [0.29, 0.717) is 22.5 Å². The molecule has 0 spiro atoms. The van der Waals surface area contributed by atoms with E-state index in [1.54, 1.807) is 22.5 Å². The lowest BCUT2D eigenvalue weighted by Gasteiger charge is -2.41. The van der Waals surface area contributed by atoms with Gasteiger partial charge in [0.1, 0.15) is 0 Å². The molecule has 1 aliphatic heterocycles. The summed E-state index contributed by atoms with van der Waals surface area (Å²) in [6.07, 6.45) is 0. The maximum atomic E-state index is 12.7. The van der Waals surface area contributed by atoms with Crippen molar-refractivity contribution in [3.05, 3.63) is 27.1 Å². The predicted octanol–water partition coefficient (Wildman–Crippen LogP) is 3.32. The highest BCUT2D eigenvalue weighted by atomic mass is 79.9. The minimum absolute atomic E-state index is 0.0774. The van der Waals surface area contributed by atoms with Crippen molar-refractivity contribution in [3.63, 3.8) is 0 Å². The predicted molar refractivity (Wildman–Crippen MR) is 91.9 cm³/mol. The molecule has 4 nitrogen and oxygen atoms in total. The summed E-state index contributed by atoms with van der Waals surface area (Å²) in [4.78, 5) is 2.64. The number of nitrogens with zero attached hydrogens (tertiary/aromatic N) is 2. The van der Waals surface area contributed by atoms with Crippen LogP contribution in [-0.4, -0.2) is 49.3 Å². The first kappa shape index (κ1) is 17.4. The van der Waals surface area contributed by atoms with Crippen molar-refractivity contribution in [2.75, 3.05) is 26.2 Å². The Morgan fingerprint density at radius 2 is 1.62 bits per heavy atom. The van der Waals surface area contributed by atoms with Crippen LogP contribution < -0.4 is 0 Å². The van der Waals surface area contributed by atoms with Crippen LogP contribution in [0.25, 0.3) is 0 Å². The lowest BCUT2D eigenvalue weighted by molar-refractivity contribution is 0.0921. The zero-order valence-electron chi connectivity index (χ0n) is 12.4. The molecule has 1 aromatic carbocycles. The minimum atomic E-state index is -3.44. The van der Waals surface area contributed by atoms with E-state index >= 15 is 0 Å². The van der Waals surface area contributed by atoms with E-state index < -0.39 is 10.0 Å². The molecule has 0 saturated carbocycles. The molecule has 1 heterocycles. The van der Waals surface area contributed by atoms with E-state index in [4.69, 9.17) is 0 Å². The van der Waals surface area contributed by atoms with Crippen molar-refractivity contribution in [3.8, 4) is 0 Å². The van der Waals surface area contributed by atoms with Gasteiger partial charge in [0.05, 0.1) is 4.90 Å². The molecule has 0 aliphatic carbocycles. The summed E-state index contributed by atoms with van der Waals surface area (Å²) in [5.41, 5.74) is 0.0774. The third kappa shape index (κ3) is 3.88. The third-order valence-corrected chi connectivity index (χ3v) is 7.07. The molecule has 1 aliphatic rings. The summed E-state index contributed by atoms with van der Waals surface area (Å²) in [6.45, 7) is 9.05. The fraction of sp³-hybridized carbons (Fsp3) is 0.571. The van der Waals surface area contributed by atoms with Crippen LogP contribution >= 0.6 is 31.9 Å². The second-order valence-corrected chi connectivity index (χ2v) is 9.81. The molecule has 1 saturated heterocycles. The Morgan fingerprint density at radius 1 is 1.05 bits per heavy atom. The standard InChI is InChI=1S/C14H20Br2N2O2S/c1-14(2,3)17-6-8-18(9-7-17)21(19,20)13-5-4-11(15)10-12(13)16/h4-5,10H,6-9H2,1-3H3. The van der Waals surface area contributed by atoms with Gasteiger partial charge in [-0.3, -0.25) is 4.90 Å². The van der Waals surface area contributed by atoms with Crippen molar-refractivity contribution >= 4 is 41.9 Å². The lowest BCUT2D eigenvalue weighted by atomic mass is 10.1. The molecule has 0 N–H and O–H groups in total. The molecule has 0 aromatic heterocycles. The first-order valence-corrected chi connectivity index (χ1v) is 9.85. The molecule has 118 valence electrons. The molecular weight excluding hydrogens is 420 g/mol. The maximum Gasteiger partial charge on any atom is 0.244 e. The maximum absolute atomic E-state index is 12.7. The quantitative estimate of drug-likeness (QED) is 0.709. The Balaban J connectivity index is 2.19. The lowest BCUT2D eigenvalue weighted by Crippen LogP contribution is -2.54. The molecule has 21 heavy (non-hydrogen) atoms. The fourth-order valence-corrected chi connectivity index (χ4v) is 5.55. The van der Waals surface area contributed by atoms with Crippen LogP contribution in [0.3, 0.4) is 0 Å². The van der Waals surface area contributed by atoms with Gasteiger partial charge < -0.3 is 0 Å². The number of rotatable bonds is 2. The van der Waals surface area contributed by atoms with Gasteiger partial charge >= 0.3 is 0 Å². The molecule has 2 rings (SSSR count). The van der Waals surface area contributed by atoms with Gasteiger partial charge in [-0.2, -0.15) is 4.31 Å². The monoisotopic (exact) mass is 438 g/mol. The smallest absolute Gasteiger partial charge is 0.244 e. The first-order chi connectivity index (χ1) is 9.62. The van der Waals surface area contributed by atoms with Crippen LogP contribution in [0.1, 0.15) is 20.8 Å². The van der Waals surface area contributed by atoms with Crippen LogP contribution in [0, 0.1) is 0 Å². The van der Waals surface area contributed by atoms with Crippen molar-refractivity contribution in [1.29, 1.82) is 0 Å². The highest BCUT2D eigenvalue weighted by Gasteiger charge is 2.33. The van der Waals surface area contributed by atoms with Crippen molar-refractivity contribution in [2.45, 2.75) is 31.2 Å². The van der Waals surface area contributed by atoms with Crippen LogP contribution in [-0.2, 0) is 10.0 Å². The van der Waals surface area contributed by atoms with Gasteiger partial charge in [0.15, 0.2) is 0 Å². The van der Waals surface area contributed by atoms with E-state index in [1.165, 1.54) is 0 Å². The number of benzene rings is 1. The summed E-state index contributed by atoms with van der Waals surface area (Å²) in [5, 5.41) is 0. The SMILES string of the molecule is CC(C)(C)N1CCN(S(=O)(=O)c2ccc(Br)cc2Br)CC1. The zero-order valence-corrected chi connectivity index (χ0v) is 16.4. The first-order valence-electron chi connectivity index (χ1n) is 6.82. The number of hydrogen-bond donors (Lipinski definition) is 0. The Hall–Kier alpha value is 0.0500. The number of sulfonamides is 1. The van der Waals surface area contributed by atoms with Gasteiger partial charge in [-0.05, 0) is 54.9 Å². The molecule has 1 fully saturated rings. The average molecular weight is 440 g/mol. The van der Waals surface area contributed by atoms with Gasteiger partial charge in [0.25, 0.3) is 0 Å². The van der Waals surface area contributed by atoms with Gasteiger partial charge in [-0.15, -0.1) is 0 Å². The highest BCUT2D eigenvalue weighted by Crippen LogP contribution is 2.29.